The highest BCUT2D eigenvalue weighted by Gasteiger charge is 2.11. The fraction of sp³-hybridized carbons (Fsp3) is 0. The first kappa shape index (κ1) is 8.83. The third-order valence-corrected chi connectivity index (χ3v) is 2.64. The first-order valence-electron chi connectivity index (χ1n) is 3.84. The largest absolute Gasteiger partial charge is 0.344 e. The standard InChI is InChI=1S/C9H5N2O2S/c12-11(13)8-6-10-9(14-8)7-4-2-1-3-5-7/h2-6H. The second-order valence-electron chi connectivity index (χ2n) is 2.55. The van der Waals surface area contributed by atoms with Crippen LogP contribution in [0, 0.1) is 16.2 Å². The Morgan fingerprint density at radius 2 is 2.14 bits per heavy atom. The van der Waals surface area contributed by atoms with Gasteiger partial charge in [-0.25, -0.2) is 4.98 Å². The second-order valence-corrected chi connectivity index (χ2v) is 3.56. The van der Waals surface area contributed by atoms with Crippen LogP contribution in [0.25, 0.3) is 10.6 Å². The van der Waals surface area contributed by atoms with E-state index in [1.807, 2.05) is 12.1 Å². The van der Waals surface area contributed by atoms with E-state index in [1.165, 1.54) is 6.20 Å². The molecule has 14 heavy (non-hydrogen) atoms. The van der Waals surface area contributed by atoms with E-state index in [2.05, 4.69) is 11.1 Å². The maximum atomic E-state index is 10.4. The van der Waals surface area contributed by atoms with Crippen molar-refractivity contribution >= 4 is 16.3 Å². The van der Waals surface area contributed by atoms with Gasteiger partial charge in [0, 0.05) is 5.56 Å². The molecule has 0 bridgehead atoms. The number of hydrogen-bond acceptors (Lipinski definition) is 4. The minimum atomic E-state index is -0.434. The van der Waals surface area contributed by atoms with Gasteiger partial charge in [-0.15, -0.1) is 0 Å². The van der Waals surface area contributed by atoms with E-state index in [0.29, 0.717) is 5.01 Å². The van der Waals surface area contributed by atoms with Crippen molar-refractivity contribution < 1.29 is 4.92 Å². The van der Waals surface area contributed by atoms with Crippen LogP contribution in [0.4, 0.5) is 5.00 Å². The summed E-state index contributed by atoms with van der Waals surface area (Å²) in [5, 5.41) is 11.1. The lowest BCUT2D eigenvalue weighted by Gasteiger charge is -1.91. The van der Waals surface area contributed by atoms with Crippen LogP contribution >= 0.6 is 11.3 Å². The van der Waals surface area contributed by atoms with Crippen molar-refractivity contribution in [3.05, 3.63) is 46.6 Å². The topological polar surface area (TPSA) is 56.0 Å². The molecule has 1 aromatic carbocycles. The molecular formula is C9H5N2O2S. The summed E-state index contributed by atoms with van der Waals surface area (Å²) < 4.78 is 0. The summed E-state index contributed by atoms with van der Waals surface area (Å²) >= 11 is 1.07. The smallest absolute Gasteiger partial charge is 0.257 e. The lowest BCUT2D eigenvalue weighted by atomic mass is 10.2. The molecule has 0 amide bonds. The van der Waals surface area contributed by atoms with E-state index in [4.69, 9.17) is 0 Å². The number of thiazole rings is 1. The quantitative estimate of drug-likeness (QED) is 0.559. The van der Waals surface area contributed by atoms with Gasteiger partial charge in [-0.1, -0.05) is 24.3 Å². The van der Waals surface area contributed by atoms with Gasteiger partial charge in [0.15, 0.2) is 0 Å². The zero-order valence-electron chi connectivity index (χ0n) is 7.01. The van der Waals surface area contributed by atoms with Gasteiger partial charge in [-0.2, -0.15) is 0 Å². The fourth-order valence-electron chi connectivity index (χ4n) is 1.01. The van der Waals surface area contributed by atoms with Crippen LogP contribution in [0.15, 0.2) is 30.5 Å². The number of hydrogen-bond donors (Lipinski definition) is 0. The second kappa shape index (κ2) is 3.55. The van der Waals surface area contributed by atoms with Crippen LogP contribution < -0.4 is 0 Å². The zero-order chi connectivity index (χ0) is 9.97. The average molecular weight is 205 g/mol. The van der Waals surface area contributed by atoms with E-state index >= 15 is 0 Å². The molecule has 0 aliphatic rings. The number of benzene rings is 1. The Kier molecular flexibility index (Phi) is 2.24. The molecule has 0 saturated heterocycles. The number of nitro groups is 1. The molecule has 0 spiro atoms. The van der Waals surface area contributed by atoms with Gasteiger partial charge in [-0.3, -0.25) is 10.1 Å². The lowest BCUT2D eigenvalue weighted by molar-refractivity contribution is -0.380. The maximum absolute atomic E-state index is 10.4. The molecule has 0 fully saturated rings. The van der Waals surface area contributed by atoms with Gasteiger partial charge in [0.2, 0.25) is 0 Å². The number of aromatic nitrogens is 1. The minimum absolute atomic E-state index is 0.0628. The van der Waals surface area contributed by atoms with Gasteiger partial charge in [0.1, 0.15) is 11.2 Å². The van der Waals surface area contributed by atoms with Crippen LogP contribution in [0.2, 0.25) is 0 Å². The third-order valence-electron chi connectivity index (χ3n) is 1.64. The van der Waals surface area contributed by atoms with E-state index in [0.717, 1.165) is 16.9 Å². The van der Waals surface area contributed by atoms with Crippen LogP contribution in [-0.4, -0.2) is 9.91 Å². The molecule has 2 aromatic rings. The number of nitrogens with zero attached hydrogens (tertiary/aromatic N) is 2. The fourth-order valence-corrected chi connectivity index (χ4v) is 1.75. The van der Waals surface area contributed by atoms with Crippen molar-refractivity contribution in [2.24, 2.45) is 0 Å². The molecule has 1 radical (unpaired) electrons. The molecule has 2 rings (SSSR count). The molecular weight excluding hydrogens is 200 g/mol. The Bertz CT molecular complexity index is 453. The summed E-state index contributed by atoms with van der Waals surface area (Å²) in [6.45, 7) is 0. The Morgan fingerprint density at radius 1 is 1.43 bits per heavy atom. The van der Waals surface area contributed by atoms with Crippen LogP contribution in [0.3, 0.4) is 0 Å². The molecule has 0 atom stereocenters. The van der Waals surface area contributed by atoms with Gasteiger partial charge in [0.05, 0.1) is 4.92 Å². The summed E-state index contributed by atoms with van der Waals surface area (Å²) in [5.41, 5.74) is 0.877. The Hall–Kier alpha value is -1.75. The highest BCUT2D eigenvalue weighted by Crippen LogP contribution is 2.29. The predicted octanol–water partition coefficient (Wildman–Crippen LogP) is 2.52. The molecule has 5 heteroatoms. The van der Waals surface area contributed by atoms with E-state index in [9.17, 15) is 10.1 Å². The highest BCUT2D eigenvalue weighted by molar-refractivity contribution is 7.18. The van der Waals surface area contributed by atoms with E-state index in [1.54, 1.807) is 12.1 Å². The summed E-state index contributed by atoms with van der Waals surface area (Å²) in [7, 11) is 0. The van der Waals surface area contributed by atoms with Gasteiger partial charge >= 0.3 is 5.00 Å². The van der Waals surface area contributed by atoms with Crippen molar-refractivity contribution in [1.29, 1.82) is 0 Å². The first-order valence-corrected chi connectivity index (χ1v) is 4.66. The third kappa shape index (κ3) is 1.62. The Balaban J connectivity index is 2.39. The van der Waals surface area contributed by atoms with Gasteiger partial charge in [0.25, 0.3) is 0 Å². The SMILES string of the molecule is O=[N+]([O-])c1cnc(-c2cc[c]cc2)s1. The molecule has 0 aliphatic heterocycles. The highest BCUT2D eigenvalue weighted by atomic mass is 32.1. The summed E-state index contributed by atoms with van der Waals surface area (Å²) in [6, 6.07) is 10.0. The molecule has 1 aromatic heterocycles. The van der Waals surface area contributed by atoms with Crippen LogP contribution in [0.1, 0.15) is 0 Å². The van der Waals surface area contributed by atoms with Crippen LogP contribution in [-0.2, 0) is 0 Å². The normalized spacial score (nSPS) is 10.0. The molecule has 4 nitrogen and oxygen atoms in total. The summed E-state index contributed by atoms with van der Waals surface area (Å²) in [6.07, 6.45) is 1.27. The maximum Gasteiger partial charge on any atom is 0.344 e. The minimum Gasteiger partial charge on any atom is -0.257 e. The van der Waals surface area contributed by atoms with Crippen molar-refractivity contribution in [1.82, 2.24) is 4.98 Å². The summed E-state index contributed by atoms with van der Waals surface area (Å²) in [5.74, 6) is 0. The van der Waals surface area contributed by atoms with Crippen molar-refractivity contribution in [3.8, 4) is 10.6 Å². The summed E-state index contributed by atoms with van der Waals surface area (Å²) in [4.78, 5) is 14.0. The number of rotatable bonds is 2. The monoisotopic (exact) mass is 205 g/mol. The lowest BCUT2D eigenvalue weighted by Crippen LogP contribution is -1.80. The Labute approximate surface area is 84.0 Å². The van der Waals surface area contributed by atoms with Crippen molar-refractivity contribution in [2.75, 3.05) is 0 Å². The Morgan fingerprint density at radius 3 is 2.71 bits per heavy atom. The van der Waals surface area contributed by atoms with Crippen molar-refractivity contribution in [2.45, 2.75) is 0 Å². The first-order chi connectivity index (χ1) is 6.77. The average Bonchev–Trinajstić information content (AvgIpc) is 2.68. The molecule has 0 aliphatic carbocycles. The van der Waals surface area contributed by atoms with Gasteiger partial charge in [-0.05, 0) is 17.4 Å². The van der Waals surface area contributed by atoms with E-state index < -0.39 is 4.92 Å². The molecule has 0 unspecified atom stereocenters. The van der Waals surface area contributed by atoms with Crippen molar-refractivity contribution in [3.63, 3.8) is 0 Å². The van der Waals surface area contributed by atoms with Gasteiger partial charge < -0.3 is 0 Å². The molecule has 1 heterocycles. The predicted molar refractivity (Wildman–Crippen MR) is 53.0 cm³/mol. The van der Waals surface area contributed by atoms with Crippen LogP contribution in [0.5, 0.6) is 0 Å². The molecule has 0 saturated carbocycles. The zero-order valence-corrected chi connectivity index (χ0v) is 7.82. The molecule has 0 N–H and O–H groups in total. The molecule has 69 valence electrons. The van der Waals surface area contributed by atoms with E-state index in [-0.39, 0.29) is 5.00 Å².